The summed E-state index contributed by atoms with van der Waals surface area (Å²) < 4.78 is 6.44. The summed E-state index contributed by atoms with van der Waals surface area (Å²) >= 11 is 0. The number of furan rings is 1. The monoisotopic (exact) mass is 619 g/mol. The Labute approximate surface area is 281 Å². The van der Waals surface area contributed by atoms with Gasteiger partial charge >= 0.3 is 0 Å². The highest BCUT2D eigenvalue weighted by Crippen LogP contribution is 2.69. The molecule has 1 spiro atoms. The van der Waals surface area contributed by atoms with Crippen molar-refractivity contribution in [2.45, 2.75) is 37.5 Å². The number of anilines is 3. The van der Waals surface area contributed by atoms with E-state index in [2.05, 4.69) is 144 Å². The van der Waals surface area contributed by atoms with Crippen LogP contribution in [-0.2, 0) is 5.41 Å². The predicted octanol–water partition coefficient (Wildman–Crippen LogP) is 12.4. The van der Waals surface area contributed by atoms with Crippen molar-refractivity contribution in [1.82, 2.24) is 0 Å². The molecule has 2 heteroatoms. The lowest BCUT2D eigenvalue weighted by Crippen LogP contribution is -2.55. The summed E-state index contributed by atoms with van der Waals surface area (Å²) in [4.78, 5) is 2.45. The molecule has 232 valence electrons. The van der Waals surface area contributed by atoms with Gasteiger partial charge in [0.25, 0.3) is 0 Å². The van der Waals surface area contributed by atoms with E-state index >= 15 is 0 Å². The van der Waals surface area contributed by atoms with Crippen LogP contribution in [0.3, 0.4) is 0 Å². The first-order valence-corrected chi connectivity index (χ1v) is 17.9. The van der Waals surface area contributed by atoms with Gasteiger partial charge in [0.15, 0.2) is 0 Å². The zero-order valence-electron chi connectivity index (χ0n) is 27.0. The summed E-state index contributed by atoms with van der Waals surface area (Å²) in [5, 5.41) is 2.32. The lowest BCUT2D eigenvalue weighted by molar-refractivity contribution is -0.0399. The van der Waals surface area contributed by atoms with Gasteiger partial charge in [-0.1, -0.05) is 91.0 Å². The Morgan fingerprint density at radius 3 is 1.88 bits per heavy atom. The number of hydrogen-bond donors (Lipinski definition) is 0. The Kier molecular flexibility index (Phi) is 5.59. The highest BCUT2D eigenvalue weighted by molar-refractivity contribution is 6.06. The van der Waals surface area contributed by atoms with Crippen LogP contribution in [-0.4, -0.2) is 0 Å². The Morgan fingerprint density at radius 1 is 0.458 bits per heavy atom. The lowest BCUT2D eigenvalue weighted by Gasteiger charge is -2.61. The molecule has 2 nitrogen and oxygen atoms in total. The van der Waals surface area contributed by atoms with Gasteiger partial charge in [0.05, 0.1) is 0 Å². The average Bonchev–Trinajstić information content (AvgIpc) is 3.64. The molecular weight excluding hydrogens is 583 g/mol. The lowest BCUT2D eigenvalue weighted by atomic mass is 9.43. The second-order valence-corrected chi connectivity index (χ2v) is 15.0. The third kappa shape index (κ3) is 3.69. The van der Waals surface area contributed by atoms with E-state index in [9.17, 15) is 0 Å². The molecule has 4 saturated carbocycles. The van der Waals surface area contributed by atoms with Crippen LogP contribution in [0.2, 0.25) is 0 Å². The molecule has 4 fully saturated rings. The molecular formula is C46H37NO. The number of benzene rings is 6. The van der Waals surface area contributed by atoms with Gasteiger partial charge < -0.3 is 9.32 Å². The average molecular weight is 620 g/mol. The van der Waals surface area contributed by atoms with Gasteiger partial charge in [-0.05, 0) is 132 Å². The molecule has 5 aliphatic carbocycles. The van der Waals surface area contributed by atoms with Crippen LogP contribution in [0.5, 0.6) is 0 Å². The van der Waals surface area contributed by atoms with Crippen LogP contribution in [0.15, 0.2) is 144 Å². The second-order valence-electron chi connectivity index (χ2n) is 15.0. The zero-order chi connectivity index (χ0) is 31.4. The van der Waals surface area contributed by atoms with Gasteiger partial charge in [-0.3, -0.25) is 0 Å². The molecule has 0 aliphatic heterocycles. The first-order chi connectivity index (χ1) is 23.7. The molecule has 0 unspecified atom stereocenters. The number of hydrogen-bond acceptors (Lipinski definition) is 2. The molecule has 48 heavy (non-hydrogen) atoms. The quantitative estimate of drug-likeness (QED) is 0.195. The predicted molar refractivity (Wildman–Crippen MR) is 197 cm³/mol. The Morgan fingerprint density at radius 2 is 1.06 bits per heavy atom. The summed E-state index contributed by atoms with van der Waals surface area (Å²) in [6.07, 6.45) is 7.02. The summed E-state index contributed by atoms with van der Waals surface area (Å²) in [6.45, 7) is 0. The van der Waals surface area contributed by atoms with Crippen molar-refractivity contribution < 1.29 is 4.42 Å². The van der Waals surface area contributed by atoms with Crippen molar-refractivity contribution in [3.63, 3.8) is 0 Å². The minimum absolute atomic E-state index is 0.126. The van der Waals surface area contributed by atoms with Crippen molar-refractivity contribution in [3.8, 4) is 22.3 Å². The standard InChI is InChI=1S/C46H37NO/c1-2-8-31(9-3-1)32-14-16-35(17-15-32)47(37-19-21-41-40-11-5-7-13-44(40)48-45(41)28-37)36-18-20-39-38-10-4-6-12-42(38)46(43(39)27-36)33-23-29-22-30(25-33)26-34(46)24-29/h1-21,27-30,33-34H,22-26H2. The van der Waals surface area contributed by atoms with Gasteiger partial charge in [0.2, 0.25) is 0 Å². The smallest absolute Gasteiger partial charge is 0.137 e. The molecule has 1 heterocycles. The van der Waals surface area contributed by atoms with E-state index in [0.717, 1.165) is 57.0 Å². The van der Waals surface area contributed by atoms with Crippen LogP contribution >= 0.6 is 0 Å². The van der Waals surface area contributed by atoms with Gasteiger partial charge in [-0.25, -0.2) is 0 Å². The normalized spacial score (nSPS) is 24.8. The van der Waals surface area contributed by atoms with Gasteiger partial charge in [0.1, 0.15) is 11.2 Å². The van der Waals surface area contributed by atoms with Crippen LogP contribution in [0, 0.1) is 23.7 Å². The van der Waals surface area contributed by atoms with Crippen LogP contribution in [0.4, 0.5) is 17.1 Å². The molecule has 0 saturated heterocycles. The number of para-hydroxylation sites is 1. The van der Waals surface area contributed by atoms with Crippen LogP contribution in [0.1, 0.15) is 43.2 Å². The van der Waals surface area contributed by atoms with Crippen molar-refractivity contribution in [2.75, 3.05) is 4.90 Å². The zero-order valence-corrected chi connectivity index (χ0v) is 27.0. The van der Waals surface area contributed by atoms with E-state index in [1.54, 1.807) is 11.1 Å². The summed E-state index contributed by atoms with van der Waals surface area (Å²) in [5.41, 5.74) is 14.0. The van der Waals surface area contributed by atoms with E-state index in [0.29, 0.717) is 0 Å². The fourth-order valence-electron chi connectivity index (χ4n) is 11.0. The highest BCUT2D eigenvalue weighted by atomic mass is 16.3. The first-order valence-electron chi connectivity index (χ1n) is 17.9. The van der Waals surface area contributed by atoms with Gasteiger partial charge in [-0.2, -0.15) is 0 Å². The molecule has 12 rings (SSSR count). The molecule has 4 bridgehead atoms. The minimum Gasteiger partial charge on any atom is -0.456 e. The van der Waals surface area contributed by atoms with Gasteiger partial charge in [0, 0.05) is 39.3 Å². The third-order valence-electron chi connectivity index (χ3n) is 12.6. The third-order valence-corrected chi connectivity index (χ3v) is 12.6. The molecule has 5 aliphatic rings. The van der Waals surface area contributed by atoms with E-state index in [4.69, 9.17) is 4.42 Å². The molecule has 6 aromatic carbocycles. The minimum atomic E-state index is 0.126. The Hall–Kier alpha value is -5.08. The van der Waals surface area contributed by atoms with Gasteiger partial charge in [-0.15, -0.1) is 0 Å². The fourth-order valence-corrected chi connectivity index (χ4v) is 11.0. The van der Waals surface area contributed by atoms with E-state index < -0.39 is 0 Å². The van der Waals surface area contributed by atoms with Crippen LogP contribution < -0.4 is 4.90 Å². The summed E-state index contributed by atoms with van der Waals surface area (Å²) in [6, 6.07) is 51.7. The molecule has 7 aromatic rings. The molecule has 0 atom stereocenters. The summed E-state index contributed by atoms with van der Waals surface area (Å²) in [7, 11) is 0. The maximum atomic E-state index is 6.44. The van der Waals surface area contributed by atoms with E-state index in [-0.39, 0.29) is 5.41 Å². The van der Waals surface area contributed by atoms with Crippen molar-refractivity contribution in [1.29, 1.82) is 0 Å². The number of rotatable bonds is 4. The van der Waals surface area contributed by atoms with Crippen molar-refractivity contribution in [3.05, 3.63) is 151 Å². The van der Waals surface area contributed by atoms with Crippen LogP contribution in [0.25, 0.3) is 44.2 Å². The molecule has 1 aromatic heterocycles. The number of nitrogens with zero attached hydrogens (tertiary/aromatic N) is 1. The van der Waals surface area contributed by atoms with Crippen molar-refractivity contribution >= 4 is 39.0 Å². The second kappa shape index (κ2) is 9.97. The Balaban J connectivity index is 1.11. The topological polar surface area (TPSA) is 16.4 Å². The summed E-state index contributed by atoms with van der Waals surface area (Å²) in [5.74, 6) is 3.31. The maximum Gasteiger partial charge on any atom is 0.137 e. The molecule has 0 N–H and O–H groups in total. The SMILES string of the molecule is c1ccc(-c2ccc(N(c3ccc4c(c3)C3(c5ccccc5-4)C4CC5CC(C4)CC3C5)c3ccc4c(c3)oc3ccccc34)cc2)cc1. The number of fused-ring (bicyclic) bond motifs is 6. The Bertz CT molecular complexity index is 2340. The fraction of sp³-hybridized carbons (Fsp3) is 0.217. The molecule has 0 radical (unpaired) electrons. The van der Waals surface area contributed by atoms with Crippen molar-refractivity contribution in [2.24, 2.45) is 23.7 Å². The first kappa shape index (κ1) is 26.9. The van der Waals surface area contributed by atoms with E-state index in [1.165, 1.54) is 60.0 Å². The largest absolute Gasteiger partial charge is 0.456 e. The highest BCUT2D eigenvalue weighted by Gasteiger charge is 2.61. The molecule has 0 amide bonds. The van der Waals surface area contributed by atoms with E-state index in [1.807, 2.05) is 0 Å². The maximum absolute atomic E-state index is 6.44.